The molecule has 0 saturated carbocycles. The smallest absolute Gasteiger partial charge is 0.179 e. The SMILES string of the molecule is COc1cc(C)cc(C(=O)CN)c1F. The zero-order valence-corrected chi connectivity index (χ0v) is 8.13. The van der Waals surface area contributed by atoms with E-state index >= 15 is 0 Å². The summed E-state index contributed by atoms with van der Waals surface area (Å²) in [6.07, 6.45) is 0. The molecule has 76 valence electrons. The standard InChI is InChI=1S/C10H12FNO2/c1-6-3-7(8(13)5-12)10(11)9(4-6)14-2/h3-4H,5,12H2,1-2H3. The number of benzene rings is 1. The lowest BCUT2D eigenvalue weighted by atomic mass is 10.1. The number of halogens is 1. The molecule has 0 spiro atoms. The number of hydrogen-bond acceptors (Lipinski definition) is 3. The third-order valence-corrected chi connectivity index (χ3v) is 1.89. The highest BCUT2D eigenvalue weighted by Gasteiger charge is 2.15. The first kappa shape index (κ1) is 10.7. The van der Waals surface area contributed by atoms with Gasteiger partial charge in [0.1, 0.15) is 0 Å². The van der Waals surface area contributed by atoms with Crippen molar-refractivity contribution in [1.82, 2.24) is 0 Å². The molecule has 0 fully saturated rings. The number of hydrogen-bond donors (Lipinski definition) is 1. The Morgan fingerprint density at radius 3 is 2.71 bits per heavy atom. The van der Waals surface area contributed by atoms with Crippen LogP contribution in [0.2, 0.25) is 0 Å². The topological polar surface area (TPSA) is 52.3 Å². The third kappa shape index (κ3) is 1.90. The molecular weight excluding hydrogens is 185 g/mol. The Kier molecular flexibility index (Phi) is 3.19. The molecule has 14 heavy (non-hydrogen) atoms. The lowest BCUT2D eigenvalue weighted by Crippen LogP contribution is -2.15. The van der Waals surface area contributed by atoms with Gasteiger partial charge in [-0.25, -0.2) is 4.39 Å². The summed E-state index contributed by atoms with van der Waals surface area (Å²) in [7, 11) is 1.36. The maximum Gasteiger partial charge on any atom is 0.179 e. The highest BCUT2D eigenvalue weighted by atomic mass is 19.1. The van der Waals surface area contributed by atoms with Crippen LogP contribution in [0.3, 0.4) is 0 Å². The van der Waals surface area contributed by atoms with Gasteiger partial charge in [0.15, 0.2) is 17.3 Å². The Morgan fingerprint density at radius 1 is 1.57 bits per heavy atom. The predicted octanol–water partition coefficient (Wildman–Crippen LogP) is 1.28. The quantitative estimate of drug-likeness (QED) is 0.743. The summed E-state index contributed by atoms with van der Waals surface area (Å²) < 4.78 is 18.3. The van der Waals surface area contributed by atoms with Crippen LogP contribution < -0.4 is 10.5 Å². The Morgan fingerprint density at radius 2 is 2.21 bits per heavy atom. The van der Waals surface area contributed by atoms with Crippen LogP contribution in [-0.4, -0.2) is 19.4 Å². The van der Waals surface area contributed by atoms with E-state index in [-0.39, 0.29) is 17.9 Å². The summed E-state index contributed by atoms with van der Waals surface area (Å²) in [5.74, 6) is -1.00. The van der Waals surface area contributed by atoms with Gasteiger partial charge in [0.05, 0.1) is 19.2 Å². The van der Waals surface area contributed by atoms with Crippen molar-refractivity contribution in [2.45, 2.75) is 6.92 Å². The van der Waals surface area contributed by atoms with Gasteiger partial charge in [-0.15, -0.1) is 0 Å². The van der Waals surface area contributed by atoms with Crippen LogP contribution in [0.4, 0.5) is 4.39 Å². The van der Waals surface area contributed by atoms with E-state index in [1.807, 2.05) is 0 Å². The first-order valence-corrected chi connectivity index (χ1v) is 4.17. The van der Waals surface area contributed by atoms with Gasteiger partial charge < -0.3 is 10.5 Å². The number of carbonyl (C=O) groups is 1. The minimum absolute atomic E-state index is 0.00986. The fraction of sp³-hybridized carbons (Fsp3) is 0.300. The molecule has 0 radical (unpaired) electrons. The Hall–Kier alpha value is -1.42. The predicted molar refractivity (Wildman–Crippen MR) is 51.1 cm³/mol. The van der Waals surface area contributed by atoms with Gasteiger partial charge in [0.25, 0.3) is 0 Å². The van der Waals surface area contributed by atoms with E-state index in [0.717, 1.165) is 5.56 Å². The Bertz CT molecular complexity index is 363. The minimum Gasteiger partial charge on any atom is -0.494 e. The van der Waals surface area contributed by atoms with Crippen molar-refractivity contribution in [3.8, 4) is 5.75 Å². The van der Waals surface area contributed by atoms with Crippen molar-refractivity contribution in [2.75, 3.05) is 13.7 Å². The minimum atomic E-state index is -0.645. The lowest BCUT2D eigenvalue weighted by Gasteiger charge is -2.07. The molecule has 0 saturated heterocycles. The lowest BCUT2D eigenvalue weighted by molar-refractivity contribution is 0.0996. The van der Waals surface area contributed by atoms with Gasteiger partial charge in [-0.2, -0.15) is 0 Å². The fourth-order valence-electron chi connectivity index (χ4n) is 1.20. The molecule has 1 aromatic rings. The number of ketones is 1. The van der Waals surface area contributed by atoms with E-state index in [1.54, 1.807) is 6.92 Å². The van der Waals surface area contributed by atoms with Crippen LogP contribution in [0, 0.1) is 12.7 Å². The second-order valence-electron chi connectivity index (χ2n) is 2.96. The van der Waals surface area contributed by atoms with E-state index in [0.29, 0.717) is 0 Å². The molecule has 0 aliphatic carbocycles. The maximum atomic E-state index is 13.5. The zero-order chi connectivity index (χ0) is 10.7. The van der Waals surface area contributed by atoms with Crippen LogP contribution in [0.1, 0.15) is 15.9 Å². The van der Waals surface area contributed by atoms with Crippen molar-refractivity contribution < 1.29 is 13.9 Å². The molecule has 0 atom stereocenters. The van der Waals surface area contributed by atoms with Crippen LogP contribution in [-0.2, 0) is 0 Å². The van der Waals surface area contributed by atoms with Gasteiger partial charge >= 0.3 is 0 Å². The van der Waals surface area contributed by atoms with Crippen molar-refractivity contribution in [3.05, 3.63) is 29.1 Å². The molecule has 0 aliphatic heterocycles. The van der Waals surface area contributed by atoms with Crippen molar-refractivity contribution >= 4 is 5.78 Å². The van der Waals surface area contributed by atoms with E-state index < -0.39 is 11.6 Å². The second kappa shape index (κ2) is 4.19. The molecule has 0 aliphatic rings. The number of nitrogens with two attached hydrogens (primary N) is 1. The highest BCUT2D eigenvalue weighted by molar-refractivity contribution is 5.98. The fourth-order valence-corrected chi connectivity index (χ4v) is 1.20. The van der Waals surface area contributed by atoms with E-state index in [1.165, 1.54) is 19.2 Å². The number of ether oxygens (including phenoxy) is 1. The summed E-state index contributed by atoms with van der Waals surface area (Å²) in [5, 5.41) is 0. The molecule has 1 aromatic carbocycles. The number of rotatable bonds is 3. The van der Waals surface area contributed by atoms with Gasteiger partial charge in [-0.1, -0.05) is 0 Å². The number of aryl methyl sites for hydroxylation is 1. The zero-order valence-electron chi connectivity index (χ0n) is 8.13. The van der Waals surface area contributed by atoms with Crippen LogP contribution in [0.15, 0.2) is 12.1 Å². The van der Waals surface area contributed by atoms with Gasteiger partial charge in [-0.3, -0.25) is 4.79 Å². The molecule has 0 bridgehead atoms. The molecule has 2 N–H and O–H groups in total. The Labute approximate surface area is 81.7 Å². The monoisotopic (exact) mass is 197 g/mol. The summed E-state index contributed by atoms with van der Waals surface area (Å²) >= 11 is 0. The average molecular weight is 197 g/mol. The first-order chi connectivity index (χ1) is 6.60. The van der Waals surface area contributed by atoms with Crippen molar-refractivity contribution in [2.24, 2.45) is 5.73 Å². The summed E-state index contributed by atoms with van der Waals surface area (Å²) in [6.45, 7) is 1.55. The van der Waals surface area contributed by atoms with E-state index in [2.05, 4.69) is 0 Å². The molecule has 0 heterocycles. The van der Waals surface area contributed by atoms with Gasteiger partial charge in [0.2, 0.25) is 0 Å². The van der Waals surface area contributed by atoms with Gasteiger partial charge in [-0.05, 0) is 24.6 Å². The van der Waals surface area contributed by atoms with Crippen molar-refractivity contribution in [1.29, 1.82) is 0 Å². The van der Waals surface area contributed by atoms with Crippen LogP contribution in [0.5, 0.6) is 5.75 Å². The third-order valence-electron chi connectivity index (χ3n) is 1.89. The molecule has 4 heteroatoms. The number of Topliss-reactive ketones (excluding diaryl/α,β-unsaturated/α-hetero) is 1. The summed E-state index contributed by atoms with van der Waals surface area (Å²) in [5.41, 5.74) is 5.91. The normalized spacial score (nSPS) is 10.0. The summed E-state index contributed by atoms with van der Waals surface area (Å²) in [6, 6.07) is 3.00. The maximum absolute atomic E-state index is 13.5. The van der Waals surface area contributed by atoms with Crippen LogP contribution >= 0.6 is 0 Å². The van der Waals surface area contributed by atoms with Crippen molar-refractivity contribution in [3.63, 3.8) is 0 Å². The molecular formula is C10H12FNO2. The van der Waals surface area contributed by atoms with E-state index in [9.17, 15) is 9.18 Å². The largest absolute Gasteiger partial charge is 0.494 e. The average Bonchev–Trinajstić information content (AvgIpc) is 2.19. The molecule has 0 unspecified atom stereocenters. The van der Waals surface area contributed by atoms with Crippen LogP contribution in [0.25, 0.3) is 0 Å². The Balaban J connectivity index is 3.29. The molecule has 3 nitrogen and oxygen atoms in total. The molecule has 0 aromatic heterocycles. The van der Waals surface area contributed by atoms with Gasteiger partial charge in [0, 0.05) is 0 Å². The first-order valence-electron chi connectivity index (χ1n) is 4.17. The number of methoxy groups -OCH3 is 1. The summed E-state index contributed by atoms with van der Waals surface area (Å²) in [4.78, 5) is 11.2. The number of carbonyl (C=O) groups excluding carboxylic acids is 1. The van der Waals surface area contributed by atoms with E-state index in [4.69, 9.17) is 10.5 Å². The highest BCUT2D eigenvalue weighted by Crippen LogP contribution is 2.22. The molecule has 1 rings (SSSR count). The second-order valence-corrected chi connectivity index (χ2v) is 2.96. The molecule has 0 amide bonds.